The van der Waals surface area contributed by atoms with Crippen molar-refractivity contribution >= 4 is 31.8 Å². The van der Waals surface area contributed by atoms with Gasteiger partial charge < -0.3 is 9.29 Å². The van der Waals surface area contributed by atoms with Crippen LogP contribution in [-0.2, 0) is 23.4 Å². The molecule has 1 aliphatic carbocycles. The summed E-state index contributed by atoms with van der Waals surface area (Å²) in [5, 5.41) is 15.0. The molecule has 2 aliphatic rings. The quantitative estimate of drug-likeness (QED) is 0.243. The molecular weight excluding hydrogens is 532 g/mol. The van der Waals surface area contributed by atoms with Gasteiger partial charge in [0.25, 0.3) is 0 Å². The average molecular weight is 565 g/mol. The van der Waals surface area contributed by atoms with Crippen molar-refractivity contribution in [2.75, 3.05) is 0 Å². The number of aromatic hydroxyl groups is 1. The van der Waals surface area contributed by atoms with E-state index in [1.54, 1.807) is 12.1 Å². The molecule has 208 valence electrons. The third kappa shape index (κ3) is 4.95. The summed E-state index contributed by atoms with van der Waals surface area (Å²) in [6.07, 6.45) is 3.58. The zero-order chi connectivity index (χ0) is 28.0. The number of phenolic OH excluding ortho intramolecular Hbond substituents is 1. The third-order valence-corrected chi connectivity index (χ3v) is 9.58. The minimum atomic E-state index is -4.15. The van der Waals surface area contributed by atoms with Crippen molar-refractivity contribution in [2.24, 2.45) is 0 Å². The molecule has 0 unspecified atom stereocenters. The highest BCUT2D eigenvalue weighted by Gasteiger charge is 2.36. The van der Waals surface area contributed by atoms with Gasteiger partial charge in [0.15, 0.2) is 11.5 Å². The minimum absolute atomic E-state index is 0.0109. The highest BCUT2D eigenvalue weighted by molar-refractivity contribution is 7.85. The van der Waals surface area contributed by atoms with E-state index in [1.165, 1.54) is 55.9 Å². The lowest BCUT2D eigenvalue weighted by atomic mass is 9.88. The van der Waals surface area contributed by atoms with Crippen molar-refractivity contribution in [3.63, 3.8) is 0 Å². The lowest BCUT2D eigenvalue weighted by molar-refractivity contribution is 0.116. The Morgan fingerprint density at radius 1 is 0.707 bits per heavy atom. The van der Waals surface area contributed by atoms with E-state index in [0.29, 0.717) is 13.1 Å². The van der Waals surface area contributed by atoms with Crippen LogP contribution in [0.5, 0.6) is 11.5 Å². The Morgan fingerprint density at radius 2 is 1.27 bits per heavy atom. The summed E-state index contributed by atoms with van der Waals surface area (Å²) in [7, 11) is -4.15. The molecule has 1 fully saturated rings. The van der Waals surface area contributed by atoms with Gasteiger partial charge in [-0.05, 0) is 68.8 Å². The molecule has 0 aromatic heterocycles. The number of benzene rings is 5. The monoisotopic (exact) mass is 564 g/mol. The van der Waals surface area contributed by atoms with E-state index in [-0.39, 0.29) is 23.6 Å². The van der Waals surface area contributed by atoms with Crippen LogP contribution in [0.25, 0.3) is 32.7 Å². The van der Waals surface area contributed by atoms with Gasteiger partial charge in [0, 0.05) is 25.2 Å². The number of hydrogen-bond acceptors (Lipinski definition) is 5. The standard InChI is InChI=1S/C34H32N2O4S/c37-31-15-7-8-16-32(31)40-41(38,39)35-29-13-5-6-14-30(29)36-21-25-19-17-23-9-1-3-11-27(23)33(25)34-26(22-36)20-18-24-10-2-4-12-28(24)34/h1-4,7-12,15-20,29-30,35,37H,5-6,13-14,21-22H2/t29-,30-/m0/s1. The van der Waals surface area contributed by atoms with Crippen LogP contribution in [0.3, 0.4) is 0 Å². The molecule has 6 nitrogen and oxygen atoms in total. The van der Waals surface area contributed by atoms with Gasteiger partial charge in [-0.3, -0.25) is 4.90 Å². The fourth-order valence-corrected chi connectivity index (χ4v) is 7.83. The molecule has 5 aromatic carbocycles. The van der Waals surface area contributed by atoms with Crippen LogP contribution in [-0.4, -0.2) is 30.5 Å². The first-order valence-corrected chi connectivity index (χ1v) is 15.6. The van der Waals surface area contributed by atoms with Gasteiger partial charge in [-0.25, -0.2) is 0 Å². The lowest BCUT2D eigenvalue weighted by Crippen LogP contribution is -2.53. The molecule has 7 heteroatoms. The van der Waals surface area contributed by atoms with E-state index in [9.17, 15) is 13.5 Å². The van der Waals surface area contributed by atoms with Gasteiger partial charge in [0.05, 0.1) is 0 Å². The van der Waals surface area contributed by atoms with E-state index in [4.69, 9.17) is 4.18 Å². The molecule has 1 heterocycles. The van der Waals surface area contributed by atoms with Crippen LogP contribution in [0.4, 0.5) is 0 Å². The van der Waals surface area contributed by atoms with Crippen LogP contribution >= 0.6 is 0 Å². The smallest absolute Gasteiger partial charge is 0.383 e. The van der Waals surface area contributed by atoms with Gasteiger partial charge in [0.2, 0.25) is 0 Å². The molecule has 0 bridgehead atoms. The van der Waals surface area contributed by atoms with E-state index in [2.05, 4.69) is 82.4 Å². The van der Waals surface area contributed by atoms with E-state index in [1.807, 2.05) is 0 Å². The summed E-state index contributed by atoms with van der Waals surface area (Å²) in [5.74, 6) is -0.290. The van der Waals surface area contributed by atoms with Crippen LogP contribution in [0.2, 0.25) is 0 Å². The maximum absolute atomic E-state index is 13.1. The molecule has 1 saturated carbocycles. The van der Waals surface area contributed by atoms with Crippen LogP contribution in [0.15, 0.2) is 97.1 Å². The van der Waals surface area contributed by atoms with Crippen molar-refractivity contribution < 1.29 is 17.7 Å². The Labute approximate surface area is 240 Å². The summed E-state index contributed by atoms with van der Waals surface area (Å²) >= 11 is 0. The van der Waals surface area contributed by atoms with Crippen molar-refractivity contribution in [2.45, 2.75) is 50.9 Å². The minimum Gasteiger partial charge on any atom is -0.504 e. The van der Waals surface area contributed by atoms with Crippen molar-refractivity contribution in [3.05, 3.63) is 108 Å². The number of hydrogen-bond donors (Lipinski definition) is 2. The fourth-order valence-electron chi connectivity index (χ4n) is 6.76. The Hall–Kier alpha value is -3.91. The number of fused-ring (bicyclic) bond motifs is 7. The molecular formula is C34H32N2O4S. The highest BCUT2D eigenvalue weighted by atomic mass is 32.2. The number of nitrogens with one attached hydrogen (secondary N) is 1. The first-order valence-electron chi connectivity index (χ1n) is 14.2. The molecule has 0 radical (unpaired) electrons. The van der Waals surface area contributed by atoms with Crippen LogP contribution in [0.1, 0.15) is 36.8 Å². The molecule has 2 atom stereocenters. The van der Waals surface area contributed by atoms with Crippen molar-refractivity contribution in [3.8, 4) is 22.6 Å². The van der Waals surface area contributed by atoms with Gasteiger partial charge in [-0.15, -0.1) is 0 Å². The van der Waals surface area contributed by atoms with E-state index >= 15 is 0 Å². The Bertz CT molecular complexity index is 1780. The maximum atomic E-state index is 13.1. The zero-order valence-corrected chi connectivity index (χ0v) is 23.5. The van der Waals surface area contributed by atoms with Crippen LogP contribution < -0.4 is 8.91 Å². The maximum Gasteiger partial charge on any atom is 0.383 e. The predicted octanol–water partition coefficient (Wildman–Crippen LogP) is 6.91. The first kappa shape index (κ1) is 26.0. The Balaban J connectivity index is 1.29. The normalized spacial score (nSPS) is 19.4. The molecule has 5 aromatic rings. The number of rotatable bonds is 5. The third-order valence-electron chi connectivity index (χ3n) is 8.59. The summed E-state index contributed by atoms with van der Waals surface area (Å²) in [6, 6.07) is 31.8. The van der Waals surface area contributed by atoms with Crippen molar-refractivity contribution in [1.29, 1.82) is 0 Å². The second kappa shape index (κ2) is 10.5. The molecule has 0 spiro atoms. The molecule has 0 saturated heterocycles. The number of para-hydroxylation sites is 2. The van der Waals surface area contributed by atoms with E-state index in [0.717, 1.165) is 25.7 Å². The van der Waals surface area contributed by atoms with Gasteiger partial charge in [-0.2, -0.15) is 13.1 Å². The lowest BCUT2D eigenvalue weighted by Gasteiger charge is -2.39. The second-order valence-electron chi connectivity index (χ2n) is 11.1. The first-order chi connectivity index (χ1) is 20.0. The predicted molar refractivity (Wildman–Crippen MR) is 163 cm³/mol. The molecule has 7 rings (SSSR count). The molecule has 2 N–H and O–H groups in total. The van der Waals surface area contributed by atoms with Gasteiger partial charge >= 0.3 is 10.3 Å². The van der Waals surface area contributed by atoms with E-state index < -0.39 is 10.3 Å². The highest BCUT2D eigenvalue weighted by Crippen LogP contribution is 2.43. The summed E-state index contributed by atoms with van der Waals surface area (Å²) in [4.78, 5) is 2.44. The summed E-state index contributed by atoms with van der Waals surface area (Å²) in [5.41, 5.74) is 5.04. The number of phenols is 1. The van der Waals surface area contributed by atoms with Gasteiger partial charge in [0.1, 0.15) is 0 Å². The molecule has 1 aliphatic heterocycles. The average Bonchev–Trinajstić information content (AvgIpc) is 3.15. The van der Waals surface area contributed by atoms with Crippen LogP contribution in [0, 0.1) is 0 Å². The summed E-state index contributed by atoms with van der Waals surface area (Å²) in [6.45, 7) is 1.43. The van der Waals surface area contributed by atoms with Crippen molar-refractivity contribution in [1.82, 2.24) is 9.62 Å². The second-order valence-corrected chi connectivity index (χ2v) is 12.4. The molecule has 0 amide bonds. The largest absolute Gasteiger partial charge is 0.504 e. The Morgan fingerprint density at radius 3 is 1.90 bits per heavy atom. The topological polar surface area (TPSA) is 78.9 Å². The van der Waals surface area contributed by atoms with Gasteiger partial charge in [-0.1, -0.05) is 97.8 Å². The Kier molecular flexibility index (Phi) is 6.66. The zero-order valence-electron chi connectivity index (χ0n) is 22.7. The summed E-state index contributed by atoms with van der Waals surface area (Å²) < 4.78 is 34.4. The molecule has 41 heavy (non-hydrogen) atoms. The number of nitrogens with zero attached hydrogens (tertiary/aromatic N) is 1. The SMILES string of the molecule is O=S(=O)(N[C@H]1CCCC[C@@H]1N1Cc2ccc3ccccc3c2-c2c(ccc3ccccc23)C1)Oc1ccccc1O. The fraction of sp³-hybridized carbons (Fsp3) is 0.235.